The maximum Gasteiger partial charge on any atom is 0.0700 e. The van der Waals surface area contributed by atoms with E-state index in [4.69, 9.17) is 16.9 Å². The van der Waals surface area contributed by atoms with Crippen molar-refractivity contribution < 1.29 is 0 Å². The number of hydrogen-bond acceptors (Lipinski definition) is 2. The van der Waals surface area contributed by atoms with Gasteiger partial charge in [0, 0.05) is 14.8 Å². The number of benzene rings is 2. The van der Waals surface area contributed by atoms with Crippen LogP contribution in [-0.2, 0) is 6.42 Å². The molecule has 19 heavy (non-hydrogen) atoms. The van der Waals surface area contributed by atoms with Crippen molar-refractivity contribution in [2.45, 2.75) is 29.1 Å². The van der Waals surface area contributed by atoms with Crippen molar-refractivity contribution >= 4 is 23.4 Å². The van der Waals surface area contributed by atoms with E-state index in [2.05, 4.69) is 30.3 Å². The minimum Gasteiger partial charge on any atom is -0.198 e. The highest BCUT2D eigenvalue weighted by Gasteiger charge is 2.17. The van der Waals surface area contributed by atoms with Crippen LogP contribution in [0.25, 0.3) is 0 Å². The van der Waals surface area contributed by atoms with E-state index in [9.17, 15) is 0 Å². The number of hydrogen-bond donors (Lipinski definition) is 0. The van der Waals surface area contributed by atoms with E-state index in [1.165, 1.54) is 20.9 Å². The SMILES string of the molecule is CC(C#N)c1ccc2c(c1)Cc1cc(Cl)ccc1S2. The molecule has 0 saturated heterocycles. The minimum absolute atomic E-state index is 0.0592. The summed E-state index contributed by atoms with van der Waals surface area (Å²) in [4.78, 5) is 2.56. The fourth-order valence-corrected chi connectivity index (χ4v) is 3.52. The first-order valence-electron chi connectivity index (χ1n) is 6.16. The van der Waals surface area contributed by atoms with E-state index in [0.717, 1.165) is 17.0 Å². The van der Waals surface area contributed by atoms with Crippen molar-refractivity contribution in [3.63, 3.8) is 0 Å². The first-order chi connectivity index (χ1) is 9.17. The molecule has 0 amide bonds. The van der Waals surface area contributed by atoms with Crippen LogP contribution in [0, 0.1) is 11.3 Å². The highest BCUT2D eigenvalue weighted by Crippen LogP contribution is 2.41. The highest BCUT2D eigenvalue weighted by molar-refractivity contribution is 7.99. The Balaban J connectivity index is 2.01. The smallest absolute Gasteiger partial charge is 0.0700 e. The number of halogens is 1. The molecule has 1 aliphatic rings. The maximum absolute atomic E-state index is 9.01. The summed E-state index contributed by atoms with van der Waals surface area (Å²) in [5.41, 5.74) is 3.65. The van der Waals surface area contributed by atoms with Crippen LogP contribution >= 0.6 is 23.4 Å². The fraction of sp³-hybridized carbons (Fsp3) is 0.188. The molecule has 1 unspecified atom stereocenters. The molecule has 0 fully saturated rings. The lowest BCUT2D eigenvalue weighted by atomic mass is 9.97. The zero-order valence-electron chi connectivity index (χ0n) is 10.5. The minimum atomic E-state index is -0.0592. The lowest BCUT2D eigenvalue weighted by Crippen LogP contribution is -2.01. The molecule has 3 rings (SSSR count). The van der Waals surface area contributed by atoms with Gasteiger partial charge in [0.25, 0.3) is 0 Å². The van der Waals surface area contributed by atoms with Gasteiger partial charge in [-0.25, -0.2) is 0 Å². The Labute approximate surface area is 122 Å². The second-order valence-corrected chi connectivity index (χ2v) is 6.27. The molecule has 0 aliphatic carbocycles. The summed E-state index contributed by atoms with van der Waals surface area (Å²) >= 11 is 7.83. The number of nitrogens with zero attached hydrogens (tertiary/aromatic N) is 1. The molecule has 1 atom stereocenters. The topological polar surface area (TPSA) is 23.8 Å². The van der Waals surface area contributed by atoms with Crippen LogP contribution in [0.5, 0.6) is 0 Å². The van der Waals surface area contributed by atoms with Crippen LogP contribution in [0.2, 0.25) is 5.02 Å². The molecule has 0 spiro atoms. The van der Waals surface area contributed by atoms with Gasteiger partial charge >= 0.3 is 0 Å². The van der Waals surface area contributed by atoms with E-state index in [0.29, 0.717) is 0 Å². The third-order valence-corrected chi connectivity index (χ3v) is 4.87. The van der Waals surface area contributed by atoms with Crippen LogP contribution in [0.4, 0.5) is 0 Å². The normalized spacial score (nSPS) is 14.2. The zero-order valence-corrected chi connectivity index (χ0v) is 12.1. The van der Waals surface area contributed by atoms with Crippen LogP contribution < -0.4 is 0 Å². The summed E-state index contributed by atoms with van der Waals surface area (Å²) < 4.78 is 0. The van der Waals surface area contributed by atoms with Crippen molar-refractivity contribution in [2.24, 2.45) is 0 Å². The molecule has 1 heterocycles. The largest absolute Gasteiger partial charge is 0.198 e. The highest BCUT2D eigenvalue weighted by atomic mass is 35.5. The first kappa shape index (κ1) is 12.6. The quantitative estimate of drug-likeness (QED) is 0.626. The molecule has 0 saturated carbocycles. The second-order valence-electron chi connectivity index (χ2n) is 4.75. The Hall–Kier alpha value is -1.43. The summed E-state index contributed by atoms with van der Waals surface area (Å²) in [6.45, 7) is 1.93. The van der Waals surface area contributed by atoms with Gasteiger partial charge in [-0.2, -0.15) is 5.26 Å². The van der Waals surface area contributed by atoms with Gasteiger partial charge in [-0.1, -0.05) is 35.5 Å². The number of nitriles is 1. The second kappa shape index (κ2) is 4.92. The Kier molecular flexibility index (Phi) is 3.26. The average molecular weight is 286 g/mol. The third-order valence-electron chi connectivity index (χ3n) is 3.40. The molecule has 3 heteroatoms. The Bertz CT molecular complexity index is 688. The van der Waals surface area contributed by atoms with E-state index < -0.39 is 0 Å². The Morgan fingerprint density at radius 2 is 1.84 bits per heavy atom. The fourth-order valence-electron chi connectivity index (χ4n) is 2.29. The van der Waals surface area contributed by atoms with Crippen molar-refractivity contribution in [1.82, 2.24) is 0 Å². The predicted molar refractivity (Wildman–Crippen MR) is 78.9 cm³/mol. The van der Waals surface area contributed by atoms with Crippen LogP contribution in [0.15, 0.2) is 46.2 Å². The molecule has 2 aromatic rings. The van der Waals surface area contributed by atoms with Gasteiger partial charge in [-0.05, 0) is 54.3 Å². The monoisotopic (exact) mass is 285 g/mol. The van der Waals surface area contributed by atoms with Gasteiger partial charge < -0.3 is 0 Å². The lowest BCUT2D eigenvalue weighted by Gasteiger charge is -2.20. The molecule has 1 nitrogen and oxygen atoms in total. The summed E-state index contributed by atoms with van der Waals surface area (Å²) in [5.74, 6) is -0.0592. The molecule has 0 radical (unpaired) electrons. The zero-order chi connectivity index (χ0) is 13.4. The van der Waals surface area contributed by atoms with Gasteiger partial charge in [0.1, 0.15) is 0 Å². The average Bonchev–Trinajstić information content (AvgIpc) is 2.43. The summed E-state index contributed by atoms with van der Waals surface area (Å²) in [7, 11) is 0. The standard InChI is InChI=1S/C16H12ClNS/c1-10(9-18)11-2-4-15-12(6-11)7-13-8-14(17)3-5-16(13)19-15/h2-6,8,10H,7H2,1H3. The Morgan fingerprint density at radius 3 is 2.58 bits per heavy atom. The molecule has 0 aromatic heterocycles. The number of fused-ring (bicyclic) bond motifs is 2. The summed E-state index contributed by atoms with van der Waals surface area (Å²) in [6, 6.07) is 14.7. The predicted octanol–water partition coefficient (Wildman–Crippen LogP) is 5.02. The number of rotatable bonds is 1. The van der Waals surface area contributed by atoms with Crippen LogP contribution in [0.3, 0.4) is 0 Å². The van der Waals surface area contributed by atoms with Gasteiger partial charge in [0.2, 0.25) is 0 Å². The van der Waals surface area contributed by atoms with Gasteiger partial charge in [-0.15, -0.1) is 0 Å². The van der Waals surface area contributed by atoms with Crippen molar-refractivity contribution in [3.8, 4) is 6.07 Å². The summed E-state index contributed by atoms with van der Waals surface area (Å²) in [6.07, 6.45) is 0.893. The molecule has 94 valence electrons. The van der Waals surface area contributed by atoms with Gasteiger partial charge in [-0.3, -0.25) is 0 Å². The van der Waals surface area contributed by atoms with E-state index >= 15 is 0 Å². The van der Waals surface area contributed by atoms with Crippen molar-refractivity contribution in [2.75, 3.05) is 0 Å². The Morgan fingerprint density at radius 1 is 1.16 bits per heavy atom. The molecule has 2 aromatic carbocycles. The molecular weight excluding hydrogens is 274 g/mol. The van der Waals surface area contributed by atoms with Crippen molar-refractivity contribution in [3.05, 3.63) is 58.1 Å². The van der Waals surface area contributed by atoms with Gasteiger partial charge in [0.05, 0.1) is 12.0 Å². The first-order valence-corrected chi connectivity index (χ1v) is 7.35. The van der Waals surface area contributed by atoms with Crippen LogP contribution in [0.1, 0.15) is 29.5 Å². The maximum atomic E-state index is 9.01. The van der Waals surface area contributed by atoms with Crippen LogP contribution in [-0.4, -0.2) is 0 Å². The molecule has 0 N–H and O–H groups in total. The van der Waals surface area contributed by atoms with E-state index in [1.807, 2.05) is 19.1 Å². The third kappa shape index (κ3) is 2.36. The van der Waals surface area contributed by atoms with E-state index in [1.54, 1.807) is 11.8 Å². The van der Waals surface area contributed by atoms with Gasteiger partial charge in [0.15, 0.2) is 0 Å². The molecule has 0 bridgehead atoms. The molecule has 1 aliphatic heterocycles. The molecular formula is C16H12ClNS. The summed E-state index contributed by atoms with van der Waals surface area (Å²) in [5, 5.41) is 9.80. The lowest BCUT2D eigenvalue weighted by molar-refractivity contribution is 0.957. The van der Waals surface area contributed by atoms with E-state index in [-0.39, 0.29) is 5.92 Å². The van der Waals surface area contributed by atoms with Crippen molar-refractivity contribution in [1.29, 1.82) is 5.26 Å².